The number of hydrogen-bond acceptors (Lipinski definition) is 4. The van der Waals surface area contributed by atoms with Gasteiger partial charge in [-0.25, -0.2) is 14.3 Å². The molecule has 2 amide bonds. The number of carboxylic acid groups (broad SMARTS) is 1. The number of nitrogens with one attached hydrogen (secondary N) is 1. The topological polar surface area (TPSA) is 99.8 Å². The zero-order chi connectivity index (χ0) is 22.8. The van der Waals surface area contributed by atoms with Crippen LogP contribution in [0.25, 0.3) is 28.2 Å². The molecule has 5 rings (SSSR count). The van der Waals surface area contributed by atoms with Crippen molar-refractivity contribution in [2.24, 2.45) is 0 Å². The minimum atomic E-state index is -0.954. The van der Waals surface area contributed by atoms with Crippen LogP contribution in [-0.2, 0) is 0 Å². The second kappa shape index (κ2) is 8.74. The maximum Gasteiger partial charge on any atom is 0.407 e. The Kier molecular flexibility index (Phi) is 5.48. The molecule has 0 radical (unpaired) electrons. The number of nitrogens with zero attached hydrogens (tertiary/aromatic N) is 4. The van der Waals surface area contributed by atoms with Crippen molar-refractivity contribution >= 4 is 17.6 Å². The van der Waals surface area contributed by atoms with E-state index in [1.54, 1.807) is 10.6 Å². The van der Waals surface area contributed by atoms with E-state index in [1.165, 1.54) is 4.90 Å². The summed E-state index contributed by atoms with van der Waals surface area (Å²) in [6.07, 6.45) is 0.579. The van der Waals surface area contributed by atoms with Crippen LogP contribution in [0.5, 0.6) is 0 Å². The standard InChI is InChI=1S/C25H23N5O3/c31-24(26-16-19-12-7-13-29(19)25(32)33)21-15-23-27-20(17-8-3-1-4-9-17)14-22(30(23)28-21)18-10-5-2-6-11-18/h1-6,8-11,14-15,19H,7,12-13,16H2,(H,26,31)(H,32,33). The molecule has 1 aliphatic rings. The Morgan fingerprint density at radius 3 is 2.39 bits per heavy atom. The molecular weight excluding hydrogens is 418 g/mol. The molecule has 2 N–H and O–H groups in total. The van der Waals surface area contributed by atoms with Crippen molar-refractivity contribution in [3.05, 3.63) is 78.5 Å². The summed E-state index contributed by atoms with van der Waals surface area (Å²) in [4.78, 5) is 30.3. The Bertz CT molecular complexity index is 1300. The van der Waals surface area contributed by atoms with E-state index >= 15 is 0 Å². The first-order valence-electron chi connectivity index (χ1n) is 10.9. The van der Waals surface area contributed by atoms with Gasteiger partial charge in [0.25, 0.3) is 5.91 Å². The molecular formula is C25H23N5O3. The zero-order valence-corrected chi connectivity index (χ0v) is 17.9. The number of carbonyl (C=O) groups is 2. The fraction of sp³-hybridized carbons (Fsp3) is 0.200. The van der Waals surface area contributed by atoms with E-state index in [1.807, 2.05) is 66.7 Å². The first kappa shape index (κ1) is 20.7. The predicted octanol–water partition coefficient (Wildman–Crippen LogP) is 3.94. The molecule has 8 heteroatoms. The third kappa shape index (κ3) is 4.15. The number of carbonyl (C=O) groups excluding carboxylic acids is 1. The summed E-state index contributed by atoms with van der Waals surface area (Å²) in [6, 6.07) is 23.1. The predicted molar refractivity (Wildman–Crippen MR) is 124 cm³/mol. The van der Waals surface area contributed by atoms with Gasteiger partial charge in [-0.1, -0.05) is 60.7 Å². The number of aromatic nitrogens is 3. The van der Waals surface area contributed by atoms with Crippen LogP contribution in [-0.4, -0.2) is 55.7 Å². The van der Waals surface area contributed by atoms with Crippen molar-refractivity contribution in [2.75, 3.05) is 13.1 Å². The average molecular weight is 441 g/mol. The lowest BCUT2D eigenvalue weighted by Crippen LogP contribution is -2.42. The van der Waals surface area contributed by atoms with Gasteiger partial charge in [-0.2, -0.15) is 5.10 Å². The van der Waals surface area contributed by atoms with Crippen molar-refractivity contribution in [3.63, 3.8) is 0 Å². The van der Waals surface area contributed by atoms with E-state index in [0.29, 0.717) is 12.2 Å². The van der Waals surface area contributed by atoms with Gasteiger partial charge < -0.3 is 15.3 Å². The summed E-state index contributed by atoms with van der Waals surface area (Å²) in [5.41, 5.74) is 4.35. The Morgan fingerprint density at radius 1 is 1.00 bits per heavy atom. The van der Waals surface area contributed by atoms with Gasteiger partial charge in [0.05, 0.1) is 17.4 Å². The van der Waals surface area contributed by atoms with Crippen molar-refractivity contribution in [2.45, 2.75) is 18.9 Å². The molecule has 0 bridgehead atoms. The molecule has 4 aromatic rings. The minimum Gasteiger partial charge on any atom is -0.465 e. The summed E-state index contributed by atoms with van der Waals surface area (Å²) < 4.78 is 1.68. The van der Waals surface area contributed by atoms with Gasteiger partial charge >= 0.3 is 6.09 Å². The Balaban J connectivity index is 1.48. The van der Waals surface area contributed by atoms with E-state index in [-0.39, 0.29) is 24.2 Å². The second-order valence-electron chi connectivity index (χ2n) is 8.04. The number of likely N-dealkylation sites (tertiary alicyclic amines) is 1. The number of benzene rings is 2. The van der Waals surface area contributed by atoms with Crippen LogP contribution in [0.4, 0.5) is 4.79 Å². The third-order valence-electron chi connectivity index (χ3n) is 5.92. The lowest BCUT2D eigenvalue weighted by molar-refractivity contribution is 0.0929. The van der Waals surface area contributed by atoms with E-state index in [4.69, 9.17) is 4.98 Å². The molecule has 2 aromatic carbocycles. The zero-order valence-electron chi connectivity index (χ0n) is 17.9. The van der Waals surface area contributed by atoms with Crippen molar-refractivity contribution in [1.29, 1.82) is 0 Å². The second-order valence-corrected chi connectivity index (χ2v) is 8.04. The van der Waals surface area contributed by atoms with Gasteiger partial charge in [-0.3, -0.25) is 4.79 Å². The highest BCUT2D eigenvalue weighted by molar-refractivity contribution is 5.93. The fourth-order valence-corrected chi connectivity index (χ4v) is 4.26. The van der Waals surface area contributed by atoms with Crippen LogP contribution in [0, 0.1) is 0 Å². The summed E-state index contributed by atoms with van der Waals surface area (Å²) in [6.45, 7) is 0.754. The quantitative estimate of drug-likeness (QED) is 0.489. The first-order chi connectivity index (χ1) is 16.1. The van der Waals surface area contributed by atoms with E-state index in [2.05, 4.69) is 10.4 Å². The Hall–Kier alpha value is -4.20. The summed E-state index contributed by atoms with van der Waals surface area (Å²) in [7, 11) is 0. The number of fused-ring (bicyclic) bond motifs is 1. The highest BCUT2D eigenvalue weighted by Gasteiger charge is 2.29. The van der Waals surface area contributed by atoms with Crippen molar-refractivity contribution in [3.8, 4) is 22.5 Å². The van der Waals surface area contributed by atoms with Crippen LogP contribution >= 0.6 is 0 Å². The Labute approximate surface area is 190 Å². The summed E-state index contributed by atoms with van der Waals surface area (Å²) in [5, 5.41) is 16.7. The molecule has 1 aliphatic heterocycles. The van der Waals surface area contributed by atoms with Crippen LogP contribution < -0.4 is 5.32 Å². The van der Waals surface area contributed by atoms with Crippen LogP contribution in [0.15, 0.2) is 72.8 Å². The van der Waals surface area contributed by atoms with Gasteiger partial charge in [-0.05, 0) is 18.9 Å². The van der Waals surface area contributed by atoms with Crippen LogP contribution in [0.1, 0.15) is 23.3 Å². The largest absolute Gasteiger partial charge is 0.465 e. The molecule has 1 fully saturated rings. The molecule has 0 spiro atoms. The molecule has 2 aromatic heterocycles. The average Bonchev–Trinajstić information content (AvgIpc) is 3.50. The minimum absolute atomic E-state index is 0.217. The van der Waals surface area contributed by atoms with Gasteiger partial charge in [0, 0.05) is 30.3 Å². The maximum absolute atomic E-state index is 12.9. The number of amides is 2. The highest BCUT2D eigenvalue weighted by atomic mass is 16.4. The number of rotatable bonds is 5. The smallest absolute Gasteiger partial charge is 0.407 e. The SMILES string of the molecule is O=C(NCC1CCCN1C(=O)O)c1cc2nc(-c3ccccc3)cc(-c3ccccc3)n2n1. The van der Waals surface area contributed by atoms with E-state index in [9.17, 15) is 14.7 Å². The molecule has 166 valence electrons. The molecule has 33 heavy (non-hydrogen) atoms. The van der Waals surface area contributed by atoms with Gasteiger partial charge in [0.1, 0.15) is 0 Å². The van der Waals surface area contributed by atoms with Crippen molar-refractivity contribution in [1.82, 2.24) is 24.8 Å². The van der Waals surface area contributed by atoms with Crippen LogP contribution in [0.3, 0.4) is 0 Å². The third-order valence-corrected chi connectivity index (χ3v) is 5.92. The van der Waals surface area contributed by atoms with Gasteiger partial charge in [0.2, 0.25) is 0 Å². The first-order valence-corrected chi connectivity index (χ1v) is 10.9. The Morgan fingerprint density at radius 2 is 1.70 bits per heavy atom. The highest BCUT2D eigenvalue weighted by Crippen LogP contribution is 2.26. The van der Waals surface area contributed by atoms with Gasteiger partial charge in [0.15, 0.2) is 11.3 Å². The van der Waals surface area contributed by atoms with Gasteiger partial charge in [-0.15, -0.1) is 0 Å². The molecule has 8 nitrogen and oxygen atoms in total. The van der Waals surface area contributed by atoms with E-state index in [0.717, 1.165) is 35.4 Å². The molecule has 3 heterocycles. The maximum atomic E-state index is 12.9. The lowest BCUT2D eigenvalue weighted by atomic mass is 10.1. The summed E-state index contributed by atoms with van der Waals surface area (Å²) in [5.74, 6) is -0.349. The normalized spacial score (nSPS) is 15.6. The lowest BCUT2D eigenvalue weighted by Gasteiger charge is -2.21. The summed E-state index contributed by atoms with van der Waals surface area (Å²) >= 11 is 0. The molecule has 0 saturated carbocycles. The molecule has 1 saturated heterocycles. The molecule has 0 aliphatic carbocycles. The molecule has 1 atom stereocenters. The van der Waals surface area contributed by atoms with Crippen molar-refractivity contribution < 1.29 is 14.7 Å². The molecule has 1 unspecified atom stereocenters. The van der Waals surface area contributed by atoms with Crippen LogP contribution in [0.2, 0.25) is 0 Å². The van der Waals surface area contributed by atoms with E-state index < -0.39 is 6.09 Å². The monoisotopic (exact) mass is 441 g/mol. The fourth-order valence-electron chi connectivity index (χ4n) is 4.26. The number of hydrogen-bond donors (Lipinski definition) is 2.